The van der Waals surface area contributed by atoms with Crippen LogP contribution < -0.4 is 15.2 Å². The molecule has 19 heavy (non-hydrogen) atoms. The highest BCUT2D eigenvalue weighted by Crippen LogP contribution is 2.29. The highest BCUT2D eigenvalue weighted by molar-refractivity contribution is 6.30. The number of hydrogen-bond acceptors (Lipinski definition) is 3. The Labute approximate surface area is 115 Å². The summed E-state index contributed by atoms with van der Waals surface area (Å²) in [6.07, 6.45) is 0. The van der Waals surface area contributed by atoms with E-state index in [1.54, 1.807) is 24.3 Å². The average molecular weight is 282 g/mol. The molecule has 0 saturated carbocycles. The van der Waals surface area contributed by atoms with Gasteiger partial charge in [0.1, 0.15) is 12.4 Å². The van der Waals surface area contributed by atoms with Crippen molar-refractivity contribution < 1.29 is 13.9 Å². The maximum atomic E-state index is 13.3. The maximum Gasteiger partial charge on any atom is 0.162 e. The maximum absolute atomic E-state index is 13.3. The molecule has 3 nitrogen and oxygen atoms in total. The molecule has 0 heterocycles. The van der Waals surface area contributed by atoms with E-state index in [0.29, 0.717) is 22.7 Å². The lowest BCUT2D eigenvalue weighted by molar-refractivity contribution is 0.284. The molecular formula is C14H13ClFNO2. The van der Waals surface area contributed by atoms with Crippen molar-refractivity contribution in [2.75, 3.05) is 12.8 Å². The smallest absolute Gasteiger partial charge is 0.162 e. The number of nitrogen functional groups attached to an aromatic ring is 1. The van der Waals surface area contributed by atoms with Gasteiger partial charge in [-0.05, 0) is 29.8 Å². The Kier molecular flexibility index (Phi) is 4.12. The quantitative estimate of drug-likeness (QED) is 0.870. The van der Waals surface area contributed by atoms with Crippen molar-refractivity contribution in [2.45, 2.75) is 6.61 Å². The molecule has 0 aromatic heterocycles. The van der Waals surface area contributed by atoms with E-state index in [9.17, 15) is 4.39 Å². The standard InChI is InChI=1S/C14H13ClFNO2/c1-18-14-7-10(17)3-5-13(14)19-8-9-2-4-11(15)12(16)6-9/h2-7H,8,17H2,1H3. The fourth-order valence-electron chi connectivity index (χ4n) is 1.59. The highest BCUT2D eigenvalue weighted by Gasteiger charge is 2.06. The van der Waals surface area contributed by atoms with Gasteiger partial charge in [0.15, 0.2) is 11.5 Å². The summed E-state index contributed by atoms with van der Waals surface area (Å²) in [6, 6.07) is 9.62. The van der Waals surface area contributed by atoms with E-state index in [0.717, 1.165) is 0 Å². The predicted octanol–water partition coefficient (Wildman–Crippen LogP) is 3.65. The molecule has 0 amide bonds. The third-order valence-electron chi connectivity index (χ3n) is 2.57. The first kappa shape index (κ1) is 13.5. The lowest BCUT2D eigenvalue weighted by atomic mass is 10.2. The molecular weight excluding hydrogens is 269 g/mol. The van der Waals surface area contributed by atoms with Gasteiger partial charge in [0.05, 0.1) is 12.1 Å². The largest absolute Gasteiger partial charge is 0.493 e. The number of hydrogen-bond donors (Lipinski definition) is 1. The molecule has 0 unspecified atom stereocenters. The molecule has 0 aliphatic heterocycles. The summed E-state index contributed by atoms with van der Waals surface area (Å²) < 4.78 is 24.0. The van der Waals surface area contributed by atoms with Crippen LogP contribution >= 0.6 is 11.6 Å². The third kappa shape index (κ3) is 3.29. The van der Waals surface area contributed by atoms with E-state index in [1.807, 2.05) is 0 Å². The van der Waals surface area contributed by atoms with Crippen LogP contribution in [0.2, 0.25) is 5.02 Å². The topological polar surface area (TPSA) is 44.5 Å². The van der Waals surface area contributed by atoms with Crippen molar-refractivity contribution in [3.05, 3.63) is 52.8 Å². The molecule has 0 bridgehead atoms. The van der Waals surface area contributed by atoms with Crippen LogP contribution in [0.1, 0.15) is 5.56 Å². The van der Waals surface area contributed by atoms with Crippen LogP contribution in [0.4, 0.5) is 10.1 Å². The summed E-state index contributed by atoms with van der Waals surface area (Å²) in [4.78, 5) is 0. The van der Waals surface area contributed by atoms with Gasteiger partial charge in [-0.25, -0.2) is 4.39 Å². The Bertz CT molecular complexity index is 590. The summed E-state index contributed by atoms with van der Waals surface area (Å²) >= 11 is 5.61. The van der Waals surface area contributed by atoms with Crippen LogP contribution in [0.25, 0.3) is 0 Å². The number of nitrogens with two attached hydrogens (primary N) is 1. The highest BCUT2D eigenvalue weighted by atomic mass is 35.5. The van der Waals surface area contributed by atoms with Gasteiger partial charge in [-0.15, -0.1) is 0 Å². The van der Waals surface area contributed by atoms with Gasteiger partial charge in [-0.3, -0.25) is 0 Å². The minimum absolute atomic E-state index is 0.0915. The molecule has 2 rings (SSSR count). The zero-order valence-corrected chi connectivity index (χ0v) is 11.1. The van der Waals surface area contributed by atoms with Gasteiger partial charge in [-0.1, -0.05) is 17.7 Å². The summed E-state index contributed by atoms with van der Waals surface area (Å²) in [6.45, 7) is 0.217. The van der Waals surface area contributed by atoms with Crippen LogP contribution in [0.5, 0.6) is 11.5 Å². The molecule has 5 heteroatoms. The van der Waals surface area contributed by atoms with Crippen LogP contribution in [-0.2, 0) is 6.61 Å². The van der Waals surface area contributed by atoms with Crippen LogP contribution in [0.15, 0.2) is 36.4 Å². The second kappa shape index (κ2) is 5.80. The van der Waals surface area contributed by atoms with Gasteiger partial charge in [-0.2, -0.15) is 0 Å². The van der Waals surface area contributed by atoms with Gasteiger partial charge in [0, 0.05) is 11.8 Å². The molecule has 0 aliphatic carbocycles. The molecule has 2 aromatic carbocycles. The molecule has 2 aromatic rings. The lowest BCUT2D eigenvalue weighted by Crippen LogP contribution is -1.99. The fraction of sp³-hybridized carbons (Fsp3) is 0.143. The molecule has 100 valence electrons. The fourth-order valence-corrected chi connectivity index (χ4v) is 1.71. The second-order valence-corrected chi connectivity index (χ2v) is 4.35. The molecule has 0 aliphatic rings. The van der Waals surface area contributed by atoms with Crippen molar-refractivity contribution in [2.24, 2.45) is 0 Å². The first-order chi connectivity index (χ1) is 9.10. The van der Waals surface area contributed by atoms with Crippen LogP contribution in [-0.4, -0.2) is 7.11 Å². The Balaban J connectivity index is 2.12. The zero-order valence-electron chi connectivity index (χ0n) is 10.3. The lowest BCUT2D eigenvalue weighted by Gasteiger charge is -2.11. The average Bonchev–Trinajstić information content (AvgIpc) is 2.41. The monoisotopic (exact) mass is 281 g/mol. The van der Waals surface area contributed by atoms with Gasteiger partial charge >= 0.3 is 0 Å². The Hall–Kier alpha value is -1.94. The normalized spacial score (nSPS) is 10.3. The van der Waals surface area contributed by atoms with Crippen LogP contribution in [0.3, 0.4) is 0 Å². The Morgan fingerprint density at radius 1 is 1.16 bits per heavy atom. The molecule has 0 fully saturated rings. The summed E-state index contributed by atoms with van der Waals surface area (Å²) in [5.41, 5.74) is 6.91. The Morgan fingerprint density at radius 2 is 1.95 bits per heavy atom. The number of methoxy groups -OCH3 is 1. The molecule has 0 spiro atoms. The van der Waals surface area contributed by atoms with Gasteiger partial charge in [0.25, 0.3) is 0 Å². The van der Waals surface area contributed by atoms with Gasteiger partial charge in [0.2, 0.25) is 0 Å². The van der Waals surface area contributed by atoms with E-state index in [1.165, 1.54) is 19.2 Å². The SMILES string of the molecule is COc1cc(N)ccc1OCc1ccc(Cl)c(F)c1. The van der Waals surface area contributed by atoms with E-state index < -0.39 is 5.82 Å². The molecule has 0 saturated heterocycles. The summed E-state index contributed by atoms with van der Waals surface area (Å²) in [5, 5.41) is 0.0915. The van der Waals surface area contributed by atoms with E-state index in [2.05, 4.69) is 0 Å². The van der Waals surface area contributed by atoms with Crippen LogP contribution in [0, 0.1) is 5.82 Å². The predicted molar refractivity (Wildman–Crippen MR) is 73.1 cm³/mol. The zero-order chi connectivity index (χ0) is 13.8. The van der Waals surface area contributed by atoms with Gasteiger partial charge < -0.3 is 15.2 Å². The number of benzene rings is 2. The van der Waals surface area contributed by atoms with Crippen molar-refractivity contribution in [1.82, 2.24) is 0 Å². The Morgan fingerprint density at radius 3 is 2.63 bits per heavy atom. The number of anilines is 1. The van der Waals surface area contributed by atoms with Crippen molar-refractivity contribution >= 4 is 17.3 Å². The minimum Gasteiger partial charge on any atom is -0.493 e. The minimum atomic E-state index is -0.466. The van der Waals surface area contributed by atoms with E-state index in [4.69, 9.17) is 26.8 Å². The molecule has 2 N–H and O–H groups in total. The van der Waals surface area contributed by atoms with E-state index >= 15 is 0 Å². The van der Waals surface area contributed by atoms with Crippen molar-refractivity contribution in [3.63, 3.8) is 0 Å². The second-order valence-electron chi connectivity index (χ2n) is 3.95. The van der Waals surface area contributed by atoms with Crippen molar-refractivity contribution in [3.8, 4) is 11.5 Å². The first-order valence-corrected chi connectivity index (χ1v) is 5.98. The summed E-state index contributed by atoms with van der Waals surface area (Å²) in [5.74, 6) is 0.619. The van der Waals surface area contributed by atoms with Crippen molar-refractivity contribution in [1.29, 1.82) is 0 Å². The number of ether oxygens (including phenoxy) is 2. The third-order valence-corrected chi connectivity index (χ3v) is 2.87. The number of rotatable bonds is 4. The summed E-state index contributed by atoms with van der Waals surface area (Å²) in [7, 11) is 1.53. The number of halogens is 2. The molecule has 0 radical (unpaired) electrons. The first-order valence-electron chi connectivity index (χ1n) is 5.60. The molecule has 0 atom stereocenters. The van der Waals surface area contributed by atoms with E-state index in [-0.39, 0.29) is 11.6 Å².